The average Bonchev–Trinajstić information content (AvgIpc) is 2.30. The molecule has 0 fully saturated rings. The van der Waals surface area contributed by atoms with Gasteiger partial charge in [0.05, 0.1) is 5.02 Å². The molecule has 2 aromatic heterocycles. The molecule has 0 saturated carbocycles. The number of aryl methyl sites for hydroxylation is 1. The summed E-state index contributed by atoms with van der Waals surface area (Å²) >= 11 is 17.4. The molecule has 0 aliphatic heterocycles. The van der Waals surface area contributed by atoms with Gasteiger partial charge in [0.1, 0.15) is 16.0 Å². The highest BCUT2D eigenvalue weighted by molar-refractivity contribution is 6.35. The van der Waals surface area contributed by atoms with Crippen molar-refractivity contribution in [2.45, 2.75) is 6.92 Å². The Morgan fingerprint density at radius 2 is 1.84 bits per heavy atom. The SMILES string of the molecule is Cc1cc(Cl)nc(NC(=O)c2nc(Cl)ccc2Cl)n1. The molecule has 1 N–H and O–H groups in total. The fraction of sp³-hybridized carbons (Fsp3) is 0.0909. The van der Waals surface area contributed by atoms with Crippen molar-refractivity contribution in [3.8, 4) is 0 Å². The number of carbonyl (C=O) groups is 1. The topological polar surface area (TPSA) is 67.8 Å². The Hall–Kier alpha value is -1.43. The largest absolute Gasteiger partial charge is 0.289 e. The number of pyridine rings is 1. The van der Waals surface area contributed by atoms with E-state index >= 15 is 0 Å². The molecule has 0 aliphatic carbocycles. The summed E-state index contributed by atoms with van der Waals surface area (Å²) in [5, 5.41) is 3.03. The lowest BCUT2D eigenvalue weighted by molar-refractivity contribution is 0.102. The van der Waals surface area contributed by atoms with Crippen molar-refractivity contribution in [2.24, 2.45) is 0 Å². The number of carbonyl (C=O) groups excluding carboxylic acids is 1. The van der Waals surface area contributed by atoms with Crippen molar-refractivity contribution >= 4 is 46.7 Å². The van der Waals surface area contributed by atoms with Crippen LogP contribution in [-0.2, 0) is 0 Å². The van der Waals surface area contributed by atoms with E-state index in [0.717, 1.165) is 0 Å². The van der Waals surface area contributed by atoms with E-state index in [-0.39, 0.29) is 27.0 Å². The first-order valence-electron chi connectivity index (χ1n) is 5.10. The summed E-state index contributed by atoms with van der Waals surface area (Å²) in [6, 6.07) is 4.54. The molecule has 2 heterocycles. The lowest BCUT2D eigenvalue weighted by atomic mass is 10.3. The van der Waals surface area contributed by atoms with Crippen LogP contribution in [0.15, 0.2) is 18.2 Å². The van der Waals surface area contributed by atoms with Gasteiger partial charge in [-0.15, -0.1) is 0 Å². The fourth-order valence-corrected chi connectivity index (χ4v) is 1.90. The highest BCUT2D eigenvalue weighted by atomic mass is 35.5. The predicted molar refractivity (Wildman–Crippen MR) is 74.0 cm³/mol. The number of amides is 1. The maximum Gasteiger partial charge on any atom is 0.278 e. The molecule has 19 heavy (non-hydrogen) atoms. The van der Waals surface area contributed by atoms with Gasteiger partial charge < -0.3 is 0 Å². The Labute approximate surface area is 123 Å². The summed E-state index contributed by atoms with van der Waals surface area (Å²) in [5.41, 5.74) is 0.621. The van der Waals surface area contributed by atoms with Crippen molar-refractivity contribution in [3.05, 3.63) is 44.9 Å². The number of nitrogens with one attached hydrogen (secondary N) is 1. The van der Waals surface area contributed by atoms with Crippen LogP contribution in [0.25, 0.3) is 0 Å². The van der Waals surface area contributed by atoms with Gasteiger partial charge in [0.15, 0.2) is 0 Å². The molecular formula is C11H7Cl3N4O. The van der Waals surface area contributed by atoms with Crippen molar-refractivity contribution in [1.82, 2.24) is 15.0 Å². The minimum Gasteiger partial charge on any atom is -0.289 e. The van der Waals surface area contributed by atoms with Crippen molar-refractivity contribution in [2.75, 3.05) is 5.32 Å². The molecule has 2 rings (SSSR count). The first kappa shape index (κ1) is 14.0. The fourth-order valence-electron chi connectivity index (χ4n) is 1.32. The van der Waals surface area contributed by atoms with Gasteiger partial charge in [-0.2, -0.15) is 0 Å². The smallest absolute Gasteiger partial charge is 0.278 e. The molecule has 98 valence electrons. The third kappa shape index (κ3) is 3.53. The standard InChI is InChI=1S/C11H7Cl3N4O/c1-5-4-8(14)17-11(15-5)18-10(19)9-6(12)2-3-7(13)16-9/h2-4H,1H3,(H,15,17,18,19). The van der Waals surface area contributed by atoms with Gasteiger partial charge in [-0.3, -0.25) is 10.1 Å². The Morgan fingerprint density at radius 1 is 1.11 bits per heavy atom. The van der Waals surface area contributed by atoms with Crippen LogP contribution < -0.4 is 5.32 Å². The number of hydrogen-bond acceptors (Lipinski definition) is 4. The van der Waals surface area contributed by atoms with Crippen molar-refractivity contribution in [3.63, 3.8) is 0 Å². The van der Waals surface area contributed by atoms with Gasteiger partial charge in [-0.05, 0) is 25.1 Å². The van der Waals surface area contributed by atoms with E-state index in [0.29, 0.717) is 5.69 Å². The molecule has 0 atom stereocenters. The zero-order valence-electron chi connectivity index (χ0n) is 9.62. The van der Waals surface area contributed by atoms with E-state index in [9.17, 15) is 4.79 Å². The van der Waals surface area contributed by atoms with E-state index in [2.05, 4.69) is 20.3 Å². The Morgan fingerprint density at radius 3 is 2.53 bits per heavy atom. The molecule has 0 spiro atoms. The quantitative estimate of drug-likeness (QED) is 0.681. The molecule has 0 unspecified atom stereocenters. The zero-order valence-corrected chi connectivity index (χ0v) is 11.9. The summed E-state index contributed by atoms with van der Waals surface area (Å²) in [6.45, 7) is 1.73. The number of rotatable bonds is 2. The average molecular weight is 318 g/mol. The van der Waals surface area contributed by atoms with Gasteiger partial charge in [0.2, 0.25) is 5.95 Å². The predicted octanol–water partition coefficient (Wildman–Crippen LogP) is 3.39. The molecule has 0 radical (unpaired) electrons. The molecular weight excluding hydrogens is 311 g/mol. The van der Waals surface area contributed by atoms with Gasteiger partial charge in [0, 0.05) is 5.69 Å². The van der Waals surface area contributed by atoms with Crippen molar-refractivity contribution < 1.29 is 4.79 Å². The van der Waals surface area contributed by atoms with Crippen LogP contribution in [0.5, 0.6) is 0 Å². The maximum atomic E-state index is 12.0. The minimum atomic E-state index is -0.561. The van der Waals surface area contributed by atoms with E-state index in [1.807, 2.05) is 0 Å². The summed E-state index contributed by atoms with van der Waals surface area (Å²) in [7, 11) is 0. The van der Waals surface area contributed by atoms with E-state index in [4.69, 9.17) is 34.8 Å². The number of nitrogens with zero attached hydrogens (tertiary/aromatic N) is 3. The van der Waals surface area contributed by atoms with E-state index < -0.39 is 5.91 Å². The van der Waals surface area contributed by atoms with Crippen LogP contribution >= 0.6 is 34.8 Å². The first-order valence-corrected chi connectivity index (χ1v) is 6.23. The second-order valence-electron chi connectivity index (χ2n) is 3.57. The highest BCUT2D eigenvalue weighted by Gasteiger charge is 2.14. The Bertz CT molecular complexity index is 628. The molecule has 0 aliphatic rings. The van der Waals surface area contributed by atoms with Gasteiger partial charge in [0.25, 0.3) is 5.91 Å². The van der Waals surface area contributed by atoms with Crippen LogP contribution in [0, 0.1) is 6.92 Å². The maximum absolute atomic E-state index is 12.0. The Balaban J connectivity index is 2.28. The van der Waals surface area contributed by atoms with Crippen LogP contribution in [0.2, 0.25) is 15.3 Å². The van der Waals surface area contributed by atoms with Crippen LogP contribution in [0.3, 0.4) is 0 Å². The molecule has 5 nitrogen and oxygen atoms in total. The normalized spacial score (nSPS) is 10.3. The minimum absolute atomic E-state index is 0.00426. The van der Waals surface area contributed by atoms with Gasteiger partial charge >= 0.3 is 0 Å². The zero-order chi connectivity index (χ0) is 14.0. The molecule has 1 amide bonds. The number of halogens is 3. The molecule has 0 saturated heterocycles. The van der Waals surface area contributed by atoms with Crippen molar-refractivity contribution in [1.29, 1.82) is 0 Å². The Kier molecular flexibility index (Phi) is 4.19. The lowest BCUT2D eigenvalue weighted by Gasteiger charge is -2.06. The second kappa shape index (κ2) is 5.69. The van der Waals surface area contributed by atoms with Gasteiger partial charge in [-0.1, -0.05) is 34.8 Å². The van der Waals surface area contributed by atoms with E-state index in [1.54, 1.807) is 13.0 Å². The van der Waals surface area contributed by atoms with E-state index in [1.165, 1.54) is 12.1 Å². The molecule has 0 aromatic carbocycles. The summed E-state index contributed by atoms with van der Waals surface area (Å²) in [4.78, 5) is 23.7. The third-order valence-electron chi connectivity index (χ3n) is 2.08. The van der Waals surface area contributed by atoms with Crippen LogP contribution in [-0.4, -0.2) is 20.9 Å². The van der Waals surface area contributed by atoms with Crippen LogP contribution in [0.4, 0.5) is 5.95 Å². The second-order valence-corrected chi connectivity index (χ2v) is 4.76. The summed E-state index contributed by atoms with van der Waals surface area (Å²) in [5.74, 6) is -0.484. The first-order chi connectivity index (χ1) is 8.95. The number of aromatic nitrogens is 3. The third-order valence-corrected chi connectivity index (χ3v) is 2.78. The van der Waals surface area contributed by atoms with Gasteiger partial charge in [-0.25, -0.2) is 15.0 Å². The molecule has 2 aromatic rings. The number of hydrogen-bond donors (Lipinski definition) is 1. The monoisotopic (exact) mass is 316 g/mol. The summed E-state index contributed by atoms with van der Waals surface area (Å²) in [6.07, 6.45) is 0. The molecule has 0 bridgehead atoms. The highest BCUT2D eigenvalue weighted by Crippen LogP contribution is 2.18. The molecule has 8 heteroatoms. The van der Waals surface area contributed by atoms with Crippen LogP contribution in [0.1, 0.15) is 16.2 Å². The summed E-state index contributed by atoms with van der Waals surface area (Å²) < 4.78 is 0. The number of anilines is 1. The lowest BCUT2D eigenvalue weighted by Crippen LogP contribution is -2.16.